The predicted octanol–water partition coefficient (Wildman–Crippen LogP) is 5.33. The molecule has 0 bridgehead atoms. The van der Waals surface area contributed by atoms with Crippen LogP contribution in [-0.4, -0.2) is 64.7 Å². The number of hydrogen-bond acceptors (Lipinski definition) is 6. The number of methoxy groups -OCH3 is 2. The lowest BCUT2D eigenvalue weighted by atomic mass is 10.0. The van der Waals surface area contributed by atoms with Crippen LogP contribution in [0.15, 0.2) is 66.7 Å². The molecule has 9 nitrogen and oxygen atoms in total. The van der Waals surface area contributed by atoms with E-state index in [2.05, 4.69) is 5.32 Å². The molecule has 0 fully saturated rings. The van der Waals surface area contributed by atoms with Crippen molar-refractivity contribution < 1.29 is 27.5 Å². The number of nitrogens with zero attached hydrogens (tertiary/aromatic N) is 2. The molecule has 3 rings (SSSR count). The molecule has 0 radical (unpaired) electrons. The summed E-state index contributed by atoms with van der Waals surface area (Å²) in [5.74, 6) is -0.378. The Morgan fingerprint density at radius 1 is 0.977 bits per heavy atom. The van der Waals surface area contributed by atoms with Gasteiger partial charge in [-0.25, -0.2) is 8.42 Å². The summed E-state index contributed by atoms with van der Waals surface area (Å²) < 4.78 is 37.9. The van der Waals surface area contributed by atoms with Gasteiger partial charge >= 0.3 is 0 Å². The molecule has 0 aliphatic carbocycles. The van der Waals surface area contributed by atoms with Crippen molar-refractivity contribution in [3.63, 3.8) is 0 Å². The zero-order chi connectivity index (χ0) is 31.6. The maximum absolute atomic E-state index is 14.3. The molecule has 1 atom stereocenters. The van der Waals surface area contributed by atoms with Gasteiger partial charge in [0.05, 0.1) is 26.2 Å². The molecule has 0 unspecified atom stereocenters. The number of sulfonamides is 1. The van der Waals surface area contributed by atoms with Crippen LogP contribution in [0, 0.1) is 0 Å². The number of halogens is 2. The van der Waals surface area contributed by atoms with Crippen LogP contribution < -0.4 is 19.1 Å². The van der Waals surface area contributed by atoms with Crippen LogP contribution in [0.4, 0.5) is 5.69 Å². The summed E-state index contributed by atoms with van der Waals surface area (Å²) in [5.41, 5.74) is 1.49. The fraction of sp³-hybridized carbons (Fsp3) is 0.355. The molecule has 0 aromatic heterocycles. The molecule has 232 valence electrons. The standard InChI is InChI=1S/C31H37Cl2N3O6S/c1-5-6-16-34-31(38)28(17-22-10-8-7-9-11-22)35(20-23-12-13-24(32)18-26(23)33)30(37)21-36(43(4,39)40)27-19-25(41-2)14-15-29(27)42-3/h7-15,18-19,28H,5-6,16-17,20-21H2,1-4H3,(H,34,38)/t28-/m0/s1. The van der Waals surface area contributed by atoms with Gasteiger partial charge in [-0.1, -0.05) is 72.9 Å². The van der Waals surface area contributed by atoms with E-state index in [-0.39, 0.29) is 30.3 Å². The number of hydrogen-bond donors (Lipinski definition) is 1. The van der Waals surface area contributed by atoms with Gasteiger partial charge in [-0.05, 0) is 41.8 Å². The van der Waals surface area contributed by atoms with Gasteiger partial charge in [0.15, 0.2) is 0 Å². The minimum absolute atomic E-state index is 0.0691. The summed E-state index contributed by atoms with van der Waals surface area (Å²) in [4.78, 5) is 29.4. The van der Waals surface area contributed by atoms with Gasteiger partial charge < -0.3 is 19.7 Å². The van der Waals surface area contributed by atoms with E-state index in [1.807, 2.05) is 37.3 Å². The number of nitrogens with one attached hydrogen (secondary N) is 1. The van der Waals surface area contributed by atoms with Crippen LogP contribution in [0.25, 0.3) is 0 Å². The van der Waals surface area contributed by atoms with E-state index in [0.29, 0.717) is 27.9 Å². The fourth-order valence-electron chi connectivity index (χ4n) is 4.48. The van der Waals surface area contributed by atoms with E-state index < -0.39 is 28.5 Å². The highest BCUT2D eigenvalue weighted by Crippen LogP contribution is 2.34. The van der Waals surface area contributed by atoms with Crippen LogP contribution >= 0.6 is 23.2 Å². The maximum Gasteiger partial charge on any atom is 0.244 e. The van der Waals surface area contributed by atoms with Gasteiger partial charge in [-0.2, -0.15) is 0 Å². The van der Waals surface area contributed by atoms with Crippen molar-refractivity contribution >= 4 is 50.7 Å². The second kappa shape index (κ2) is 15.8. The molecule has 12 heteroatoms. The number of benzene rings is 3. The van der Waals surface area contributed by atoms with Gasteiger partial charge in [0.1, 0.15) is 24.1 Å². The number of ether oxygens (including phenoxy) is 2. The fourth-order valence-corrected chi connectivity index (χ4v) is 5.79. The van der Waals surface area contributed by atoms with Crippen molar-refractivity contribution in [2.24, 2.45) is 0 Å². The summed E-state index contributed by atoms with van der Waals surface area (Å²) in [6, 6.07) is 17.9. The molecule has 1 N–H and O–H groups in total. The molecule has 2 amide bonds. The lowest BCUT2D eigenvalue weighted by Gasteiger charge is -2.34. The number of carbonyl (C=O) groups excluding carboxylic acids is 2. The minimum atomic E-state index is -4.01. The summed E-state index contributed by atoms with van der Waals surface area (Å²) in [5, 5.41) is 3.67. The van der Waals surface area contributed by atoms with Crippen LogP contribution in [0.2, 0.25) is 10.0 Å². The van der Waals surface area contributed by atoms with E-state index in [9.17, 15) is 18.0 Å². The summed E-state index contributed by atoms with van der Waals surface area (Å²) >= 11 is 12.6. The first kappa shape index (κ1) is 34.0. The molecular formula is C31H37Cl2N3O6S. The smallest absolute Gasteiger partial charge is 0.244 e. The first-order valence-electron chi connectivity index (χ1n) is 13.7. The van der Waals surface area contributed by atoms with E-state index >= 15 is 0 Å². The maximum atomic E-state index is 14.3. The highest BCUT2D eigenvalue weighted by atomic mass is 35.5. The van der Waals surface area contributed by atoms with Crippen molar-refractivity contribution in [2.75, 3.05) is 37.9 Å². The Labute approximate surface area is 263 Å². The highest BCUT2D eigenvalue weighted by Gasteiger charge is 2.34. The summed E-state index contributed by atoms with van der Waals surface area (Å²) in [6.45, 7) is 1.76. The third kappa shape index (κ3) is 9.51. The SMILES string of the molecule is CCCCNC(=O)[C@H](Cc1ccccc1)N(Cc1ccc(Cl)cc1Cl)C(=O)CN(c1cc(OC)ccc1OC)S(C)(=O)=O. The monoisotopic (exact) mass is 649 g/mol. The topological polar surface area (TPSA) is 105 Å². The number of rotatable bonds is 15. The zero-order valence-corrected chi connectivity index (χ0v) is 27.0. The van der Waals surface area contributed by atoms with Gasteiger partial charge in [-0.15, -0.1) is 0 Å². The van der Waals surface area contributed by atoms with Crippen LogP contribution in [0.3, 0.4) is 0 Å². The average molecular weight is 651 g/mol. The van der Waals surface area contributed by atoms with Gasteiger partial charge in [-0.3, -0.25) is 13.9 Å². The van der Waals surface area contributed by atoms with Gasteiger partial charge in [0, 0.05) is 35.6 Å². The lowest BCUT2D eigenvalue weighted by molar-refractivity contribution is -0.140. The number of amides is 2. The van der Waals surface area contributed by atoms with E-state index in [1.54, 1.807) is 30.3 Å². The highest BCUT2D eigenvalue weighted by molar-refractivity contribution is 7.92. The van der Waals surface area contributed by atoms with E-state index in [0.717, 1.165) is 29.0 Å². The van der Waals surface area contributed by atoms with E-state index in [4.69, 9.17) is 32.7 Å². The Morgan fingerprint density at radius 3 is 2.30 bits per heavy atom. The average Bonchev–Trinajstić information content (AvgIpc) is 2.98. The van der Waals surface area contributed by atoms with Crippen molar-refractivity contribution in [3.05, 3.63) is 87.9 Å². The Kier molecular flexibility index (Phi) is 12.5. The second-order valence-corrected chi connectivity index (χ2v) is 12.7. The first-order valence-corrected chi connectivity index (χ1v) is 16.3. The molecule has 0 aliphatic heterocycles. The summed E-state index contributed by atoms with van der Waals surface area (Å²) in [7, 11) is -1.16. The normalized spacial score (nSPS) is 11.9. The first-order chi connectivity index (χ1) is 20.5. The van der Waals surface area contributed by atoms with Crippen molar-refractivity contribution in [1.82, 2.24) is 10.2 Å². The van der Waals surface area contributed by atoms with Crippen LogP contribution in [0.5, 0.6) is 11.5 Å². The quantitative estimate of drug-likeness (QED) is 0.223. The molecule has 0 saturated heterocycles. The van der Waals surface area contributed by atoms with E-state index in [1.165, 1.54) is 25.2 Å². The Morgan fingerprint density at radius 2 is 1.70 bits per heavy atom. The third-order valence-electron chi connectivity index (χ3n) is 6.79. The van der Waals surface area contributed by atoms with Crippen LogP contribution in [-0.2, 0) is 32.6 Å². The number of unbranched alkanes of at least 4 members (excludes halogenated alkanes) is 1. The third-order valence-corrected chi connectivity index (χ3v) is 8.50. The molecule has 43 heavy (non-hydrogen) atoms. The largest absolute Gasteiger partial charge is 0.497 e. The van der Waals surface area contributed by atoms with Crippen molar-refractivity contribution in [2.45, 2.75) is 38.8 Å². The number of carbonyl (C=O) groups is 2. The van der Waals surface area contributed by atoms with Gasteiger partial charge in [0.25, 0.3) is 0 Å². The second-order valence-electron chi connectivity index (χ2n) is 9.91. The predicted molar refractivity (Wildman–Crippen MR) is 171 cm³/mol. The molecule has 0 aliphatic rings. The Bertz CT molecular complexity index is 1500. The van der Waals surface area contributed by atoms with Crippen molar-refractivity contribution in [1.29, 1.82) is 0 Å². The number of anilines is 1. The molecule has 3 aromatic rings. The molecule has 0 heterocycles. The molecular weight excluding hydrogens is 613 g/mol. The Balaban J connectivity index is 2.11. The zero-order valence-electron chi connectivity index (χ0n) is 24.7. The van der Waals surface area contributed by atoms with Crippen LogP contribution in [0.1, 0.15) is 30.9 Å². The Hall–Kier alpha value is -3.47. The molecule has 0 spiro atoms. The van der Waals surface area contributed by atoms with Crippen molar-refractivity contribution in [3.8, 4) is 11.5 Å². The molecule has 3 aromatic carbocycles. The lowest BCUT2D eigenvalue weighted by Crippen LogP contribution is -2.53. The summed E-state index contributed by atoms with van der Waals surface area (Å²) in [6.07, 6.45) is 2.83. The minimum Gasteiger partial charge on any atom is -0.497 e. The molecule has 0 saturated carbocycles. The van der Waals surface area contributed by atoms with Gasteiger partial charge in [0.2, 0.25) is 21.8 Å².